The predicted molar refractivity (Wildman–Crippen MR) is 158 cm³/mol. The molecule has 204 valence electrons. The highest BCUT2D eigenvalue weighted by Gasteiger charge is 2.21. The van der Waals surface area contributed by atoms with Gasteiger partial charge < -0.3 is 22.1 Å². The SMILES string of the molecule is Cc1cc(N)ccc1NCCCN1CCN(CCCN2CCN(CCCNc3ccc(N)cc3C)C2)C1. The highest BCUT2D eigenvalue weighted by molar-refractivity contribution is 5.58. The van der Waals surface area contributed by atoms with Crippen molar-refractivity contribution >= 4 is 22.7 Å². The zero-order chi connectivity index (χ0) is 26.0. The summed E-state index contributed by atoms with van der Waals surface area (Å²) in [6.45, 7) is 18.0. The van der Waals surface area contributed by atoms with Crippen LogP contribution in [0.3, 0.4) is 0 Å². The van der Waals surface area contributed by atoms with Crippen LogP contribution in [0.4, 0.5) is 22.7 Å². The van der Waals surface area contributed by atoms with Gasteiger partial charge in [0.2, 0.25) is 0 Å². The number of anilines is 4. The van der Waals surface area contributed by atoms with E-state index in [-0.39, 0.29) is 0 Å². The van der Waals surface area contributed by atoms with Crippen LogP contribution >= 0.6 is 0 Å². The number of benzene rings is 2. The molecule has 8 nitrogen and oxygen atoms in total. The summed E-state index contributed by atoms with van der Waals surface area (Å²) in [5.41, 5.74) is 18.2. The Hall–Kier alpha value is -2.52. The van der Waals surface area contributed by atoms with Gasteiger partial charge in [0.25, 0.3) is 0 Å². The molecular formula is C29H48N8. The summed E-state index contributed by atoms with van der Waals surface area (Å²) in [5, 5.41) is 7.12. The Bertz CT molecular complexity index is 903. The molecule has 0 aliphatic carbocycles. The largest absolute Gasteiger partial charge is 0.399 e. The van der Waals surface area contributed by atoms with Crippen molar-refractivity contribution in [1.82, 2.24) is 19.6 Å². The van der Waals surface area contributed by atoms with E-state index in [1.165, 1.54) is 68.2 Å². The van der Waals surface area contributed by atoms with Crippen molar-refractivity contribution in [3.8, 4) is 0 Å². The van der Waals surface area contributed by atoms with Crippen LogP contribution in [-0.2, 0) is 0 Å². The average Bonchev–Trinajstić information content (AvgIpc) is 3.51. The number of aryl methyl sites for hydroxylation is 2. The summed E-state index contributed by atoms with van der Waals surface area (Å²) in [6.07, 6.45) is 3.59. The van der Waals surface area contributed by atoms with E-state index in [0.29, 0.717) is 0 Å². The number of nitrogens with zero attached hydrogens (tertiary/aromatic N) is 4. The minimum Gasteiger partial charge on any atom is -0.399 e. The first-order valence-electron chi connectivity index (χ1n) is 14.1. The molecule has 8 heteroatoms. The number of nitrogens with two attached hydrogens (primary N) is 2. The van der Waals surface area contributed by atoms with Gasteiger partial charge in [-0.05, 0) is 80.6 Å². The Kier molecular flexibility index (Phi) is 10.3. The maximum absolute atomic E-state index is 5.85. The molecule has 2 aliphatic heterocycles. The van der Waals surface area contributed by atoms with Gasteiger partial charge >= 0.3 is 0 Å². The summed E-state index contributed by atoms with van der Waals surface area (Å²) in [7, 11) is 0. The fourth-order valence-corrected chi connectivity index (χ4v) is 5.48. The van der Waals surface area contributed by atoms with Crippen LogP contribution in [0.5, 0.6) is 0 Å². The lowest BCUT2D eigenvalue weighted by Gasteiger charge is -2.21. The van der Waals surface area contributed by atoms with Crippen LogP contribution in [0.15, 0.2) is 36.4 Å². The number of hydrogen-bond donors (Lipinski definition) is 4. The molecule has 2 aromatic carbocycles. The van der Waals surface area contributed by atoms with Crippen molar-refractivity contribution in [2.75, 3.05) is 101 Å². The number of nitrogens with one attached hydrogen (secondary N) is 2. The molecule has 2 aromatic rings. The molecule has 6 N–H and O–H groups in total. The standard InChI is InChI=1S/C29H48N8/c1-24-20-26(30)6-8-28(24)32-10-3-12-34-16-18-36(22-34)14-5-15-37-19-17-35(23-37)13-4-11-33-29-9-7-27(31)21-25(29)2/h6-9,20-21,32-33H,3-5,10-19,22-23,30-31H2,1-2H3. The number of nitrogen functional groups attached to an aromatic ring is 2. The monoisotopic (exact) mass is 508 g/mol. The summed E-state index contributed by atoms with van der Waals surface area (Å²) >= 11 is 0. The second-order valence-electron chi connectivity index (χ2n) is 10.8. The average molecular weight is 509 g/mol. The molecule has 0 spiro atoms. The third kappa shape index (κ3) is 8.78. The van der Waals surface area contributed by atoms with Gasteiger partial charge in [-0.25, -0.2) is 0 Å². The number of hydrogen-bond acceptors (Lipinski definition) is 8. The van der Waals surface area contributed by atoms with Gasteiger partial charge in [0.15, 0.2) is 0 Å². The van der Waals surface area contributed by atoms with E-state index in [0.717, 1.165) is 63.7 Å². The molecule has 0 saturated carbocycles. The van der Waals surface area contributed by atoms with Gasteiger partial charge in [0, 0.05) is 88.2 Å². The van der Waals surface area contributed by atoms with Crippen LogP contribution in [0, 0.1) is 13.8 Å². The molecule has 2 aliphatic rings. The minimum atomic E-state index is 0.830. The lowest BCUT2D eigenvalue weighted by Crippen LogP contribution is -2.31. The first kappa shape index (κ1) is 27.5. The van der Waals surface area contributed by atoms with E-state index in [4.69, 9.17) is 11.5 Å². The molecule has 37 heavy (non-hydrogen) atoms. The van der Waals surface area contributed by atoms with Crippen molar-refractivity contribution < 1.29 is 0 Å². The first-order chi connectivity index (χ1) is 18.0. The predicted octanol–water partition coefficient (Wildman–Crippen LogP) is 3.31. The van der Waals surface area contributed by atoms with Crippen molar-refractivity contribution in [3.63, 3.8) is 0 Å². The molecule has 2 fully saturated rings. The van der Waals surface area contributed by atoms with E-state index in [1.54, 1.807) is 0 Å². The lowest BCUT2D eigenvalue weighted by molar-refractivity contribution is 0.214. The summed E-state index contributed by atoms with van der Waals surface area (Å²) in [6, 6.07) is 12.2. The molecule has 2 heterocycles. The van der Waals surface area contributed by atoms with Crippen LogP contribution in [0.2, 0.25) is 0 Å². The van der Waals surface area contributed by atoms with Gasteiger partial charge in [-0.1, -0.05) is 0 Å². The molecule has 0 radical (unpaired) electrons. The molecular weight excluding hydrogens is 460 g/mol. The van der Waals surface area contributed by atoms with Crippen LogP contribution in [0.25, 0.3) is 0 Å². The van der Waals surface area contributed by atoms with E-state index in [1.807, 2.05) is 24.3 Å². The maximum atomic E-state index is 5.85. The lowest BCUT2D eigenvalue weighted by atomic mass is 10.2. The number of rotatable bonds is 14. The highest BCUT2D eigenvalue weighted by atomic mass is 15.4. The van der Waals surface area contributed by atoms with Gasteiger partial charge in [-0.2, -0.15) is 0 Å². The molecule has 0 bridgehead atoms. The van der Waals surface area contributed by atoms with Crippen molar-refractivity contribution in [2.24, 2.45) is 0 Å². The highest BCUT2D eigenvalue weighted by Crippen LogP contribution is 2.19. The van der Waals surface area contributed by atoms with E-state index in [2.05, 4.69) is 56.2 Å². The van der Waals surface area contributed by atoms with Crippen molar-refractivity contribution in [2.45, 2.75) is 33.1 Å². The maximum Gasteiger partial charge on any atom is 0.0507 e. The van der Waals surface area contributed by atoms with E-state index < -0.39 is 0 Å². The third-order valence-corrected chi connectivity index (χ3v) is 7.65. The first-order valence-corrected chi connectivity index (χ1v) is 14.1. The Morgan fingerprint density at radius 1 is 0.595 bits per heavy atom. The topological polar surface area (TPSA) is 89.1 Å². The molecule has 0 aromatic heterocycles. The molecule has 0 atom stereocenters. The summed E-state index contributed by atoms with van der Waals surface area (Å²) < 4.78 is 0. The van der Waals surface area contributed by atoms with Gasteiger partial charge in [0.05, 0.1) is 13.3 Å². The second-order valence-corrected chi connectivity index (χ2v) is 10.8. The minimum absolute atomic E-state index is 0.830. The normalized spacial score (nSPS) is 17.6. The van der Waals surface area contributed by atoms with E-state index in [9.17, 15) is 0 Å². The Morgan fingerprint density at radius 2 is 0.973 bits per heavy atom. The summed E-state index contributed by atoms with van der Waals surface area (Å²) in [5.74, 6) is 0. The fraction of sp³-hybridized carbons (Fsp3) is 0.586. The van der Waals surface area contributed by atoms with Crippen molar-refractivity contribution in [1.29, 1.82) is 0 Å². The quantitative estimate of drug-likeness (QED) is 0.228. The smallest absolute Gasteiger partial charge is 0.0507 e. The molecule has 4 rings (SSSR count). The third-order valence-electron chi connectivity index (χ3n) is 7.65. The Labute approximate surface area is 223 Å². The van der Waals surface area contributed by atoms with Crippen LogP contribution in [0.1, 0.15) is 30.4 Å². The molecule has 0 amide bonds. The molecule has 2 saturated heterocycles. The van der Waals surface area contributed by atoms with Crippen molar-refractivity contribution in [3.05, 3.63) is 47.5 Å². The molecule has 0 unspecified atom stereocenters. The second kappa shape index (κ2) is 13.9. The fourth-order valence-electron chi connectivity index (χ4n) is 5.48. The zero-order valence-corrected chi connectivity index (χ0v) is 23.0. The van der Waals surface area contributed by atoms with Crippen LogP contribution in [-0.4, -0.2) is 98.4 Å². The van der Waals surface area contributed by atoms with E-state index >= 15 is 0 Å². The van der Waals surface area contributed by atoms with Gasteiger partial charge in [0.1, 0.15) is 0 Å². The zero-order valence-electron chi connectivity index (χ0n) is 23.0. The Morgan fingerprint density at radius 3 is 1.35 bits per heavy atom. The van der Waals surface area contributed by atoms with Gasteiger partial charge in [-0.3, -0.25) is 19.6 Å². The van der Waals surface area contributed by atoms with Crippen LogP contribution < -0.4 is 22.1 Å². The Balaban J connectivity index is 1.01. The van der Waals surface area contributed by atoms with Gasteiger partial charge in [-0.15, -0.1) is 0 Å². The summed E-state index contributed by atoms with van der Waals surface area (Å²) in [4.78, 5) is 10.4.